The van der Waals surface area contributed by atoms with Crippen LogP contribution in [0.25, 0.3) is 11.2 Å². The zero-order chi connectivity index (χ0) is 23.5. The van der Waals surface area contributed by atoms with Gasteiger partial charge in [0.05, 0.1) is 19.0 Å². The molecular formula is C24H32N6O3. The summed E-state index contributed by atoms with van der Waals surface area (Å²) in [6.45, 7) is 7.13. The molecule has 0 unspecified atom stereocenters. The summed E-state index contributed by atoms with van der Waals surface area (Å²) in [7, 11) is 0. The van der Waals surface area contributed by atoms with E-state index >= 15 is 0 Å². The number of carbonyl (C=O) groups excluding carboxylic acids is 1. The van der Waals surface area contributed by atoms with E-state index in [2.05, 4.69) is 23.7 Å². The Morgan fingerprint density at radius 1 is 1.18 bits per heavy atom. The summed E-state index contributed by atoms with van der Waals surface area (Å²) in [4.78, 5) is 46.9. The molecule has 1 fully saturated rings. The molecule has 0 aliphatic carbocycles. The van der Waals surface area contributed by atoms with Crippen LogP contribution in [0, 0.1) is 11.8 Å². The average molecular weight is 453 g/mol. The number of hydrogen-bond donors (Lipinski definition) is 2. The van der Waals surface area contributed by atoms with Gasteiger partial charge in [0, 0.05) is 13.1 Å². The molecule has 1 saturated heterocycles. The van der Waals surface area contributed by atoms with Gasteiger partial charge in [-0.3, -0.25) is 24.0 Å². The molecule has 4 rings (SSSR count). The number of fused-ring (bicyclic) bond motifs is 1. The first-order chi connectivity index (χ1) is 15.8. The number of aryl methyl sites for hydroxylation is 1. The van der Waals surface area contributed by atoms with Crippen molar-refractivity contribution in [2.75, 3.05) is 13.1 Å². The molecule has 9 heteroatoms. The summed E-state index contributed by atoms with van der Waals surface area (Å²) in [6.07, 6.45) is 2.56. The Bertz CT molecular complexity index is 1240. The minimum absolute atomic E-state index is 0.174. The Balaban J connectivity index is 1.78. The number of carbonyl (C=O) groups is 1. The fourth-order valence-corrected chi connectivity index (χ4v) is 4.51. The molecule has 3 N–H and O–H groups in total. The number of nitrogens with one attached hydrogen (secondary N) is 1. The van der Waals surface area contributed by atoms with Gasteiger partial charge in [0.2, 0.25) is 5.91 Å². The lowest BCUT2D eigenvalue weighted by molar-refractivity contribution is -0.123. The fourth-order valence-electron chi connectivity index (χ4n) is 4.51. The van der Waals surface area contributed by atoms with Crippen LogP contribution < -0.4 is 17.0 Å². The fraction of sp³-hybridized carbons (Fsp3) is 0.500. The summed E-state index contributed by atoms with van der Waals surface area (Å²) in [5, 5.41) is 0. The van der Waals surface area contributed by atoms with Gasteiger partial charge in [0.25, 0.3) is 5.56 Å². The average Bonchev–Trinajstić information content (AvgIpc) is 3.14. The number of rotatable bonds is 8. The van der Waals surface area contributed by atoms with Crippen LogP contribution in [0.3, 0.4) is 0 Å². The molecule has 1 aliphatic rings. The lowest BCUT2D eigenvalue weighted by Crippen LogP contribution is -2.41. The molecule has 0 bridgehead atoms. The van der Waals surface area contributed by atoms with Crippen LogP contribution in [0.15, 0.2) is 39.9 Å². The molecule has 176 valence electrons. The van der Waals surface area contributed by atoms with Gasteiger partial charge in [-0.2, -0.15) is 0 Å². The molecule has 1 aliphatic heterocycles. The van der Waals surface area contributed by atoms with Crippen molar-refractivity contribution in [3.8, 4) is 0 Å². The number of amides is 1. The summed E-state index contributed by atoms with van der Waals surface area (Å²) >= 11 is 0. The highest BCUT2D eigenvalue weighted by molar-refractivity contribution is 5.77. The number of nitrogens with zero attached hydrogens (tertiary/aromatic N) is 4. The smallest absolute Gasteiger partial charge is 0.330 e. The van der Waals surface area contributed by atoms with E-state index in [0.717, 1.165) is 37.2 Å². The summed E-state index contributed by atoms with van der Waals surface area (Å²) in [6, 6.07) is 9.64. The first-order valence-corrected chi connectivity index (χ1v) is 11.6. The van der Waals surface area contributed by atoms with Gasteiger partial charge in [0.15, 0.2) is 11.2 Å². The standard InChI is InChI=1S/C24H32N6O3/c1-16(2)10-12-29-19(15-28-11-6-9-18(14-28)21(25)31)26-22-20(29)23(32)27-24(33)30(22)13-17-7-4-3-5-8-17/h3-5,7-8,16,18H,6,9-15H2,1-2H3,(H2,25,31)(H,27,32,33)/t18-/m0/s1. The van der Waals surface area contributed by atoms with E-state index in [0.29, 0.717) is 43.3 Å². The number of nitrogens with two attached hydrogens (primary N) is 1. The number of aromatic amines is 1. The van der Waals surface area contributed by atoms with E-state index < -0.39 is 11.2 Å². The van der Waals surface area contributed by atoms with E-state index in [9.17, 15) is 14.4 Å². The van der Waals surface area contributed by atoms with E-state index in [4.69, 9.17) is 10.7 Å². The van der Waals surface area contributed by atoms with Gasteiger partial charge in [-0.1, -0.05) is 44.2 Å². The van der Waals surface area contributed by atoms with Gasteiger partial charge in [-0.05, 0) is 37.3 Å². The lowest BCUT2D eigenvalue weighted by Gasteiger charge is -2.30. The minimum atomic E-state index is -0.469. The highest BCUT2D eigenvalue weighted by atomic mass is 16.2. The van der Waals surface area contributed by atoms with Crippen LogP contribution in [0.4, 0.5) is 0 Å². The predicted molar refractivity (Wildman–Crippen MR) is 127 cm³/mol. The number of piperidine rings is 1. The highest BCUT2D eigenvalue weighted by Gasteiger charge is 2.26. The molecule has 9 nitrogen and oxygen atoms in total. The molecule has 1 amide bonds. The van der Waals surface area contributed by atoms with E-state index in [1.54, 1.807) is 0 Å². The predicted octanol–water partition coefficient (Wildman–Crippen LogP) is 1.68. The Morgan fingerprint density at radius 2 is 1.94 bits per heavy atom. The molecule has 2 aromatic heterocycles. The lowest BCUT2D eigenvalue weighted by atomic mass is 9.97. The quantitative estimate of drug-likeness (QED) is 0.539. The molecule has 0 radical (unpaired) electrons. The Hall–Kier alpha value is -3.20. The van der Waals surface area contributed by atoms with Crippen molar-refractivity contribution < 1.29 is 4.79 Å². The second-order valence-corrected chi connectivity index (χ2v) is 9.34. The van der Waals surface area contributed by atoms with Crippen molar-refractivity contribution >= 4 is 17.1 Å². The van der Waals surface area contributed by atoms with Crippen molar-refractivity contribution in [3.05, 3.63) is 62.6 Å². The second-order valence-electron chi connectivity index (χ2n) is 9.34. The zero-order valence-corrected chi connectivity index (χ0v) is 19.3. The van der Waals surface area contributed by atoms with Gasteiger partial charge in [-0.15, -0.1) is 0 Å². The Kier molecular flexibility index (Phi) is 6.78. The van der Waals surface area contributed by atoms with Crippen molar-refractivity contribution in [3.63, 3.8) is 0 Å². The first kappa shape index (κ1) is 23.0. The third-order valence-electron chi connectivity index (χ3n) is 6.35. The van der Waals surface area contributed by atoms with E-state index in [1.807, 2.05) is 34.9 Å². The van der Waals surface area contributed by atoms with Crippen molar-refractivity contribution in [2.24, 2.45) is 17.6 Å². The molecule has 3 heterocycles. The molecule has 33 heavy (non-hydrogen) atoms. The van der Waals surface area contributed by atoms with Crippen molar-refractivity contribution in [2.45, 2.75) is 52.7 Å². The topological polar surface area (TPSA) is 119 Å². The maximum absolute atomic E-state index is 12.9. The molecule has 1 atom stereocenters. The van der Waals surface area contributed by atoms with Crippen LogP contribution in [-0.2, 0) is 24.4 Å². The largest absolute Gasteiger partial charge is 0.369 e. The van der Waals surface area contributed by atoms with Crippen molar-refractivity contribution in [1.29, 1.82) is 0 Å². The minimum Gasteiger partial charge on any atom is -0.369 e. The Labute approximate surface area is 192 Å². The van der Waals surface area contributed by atoms with Gasteiger partial charge >= 0.3 is 5.69 Å². The van der Waals surface area contributed by atoms with Crippen LogP contribution in [0.2, 0.25) is 0 Å². The van der Waals surface area contributed by atoms with E-state index in [-0.39, 0.29) is 11.8 Å². The van der Waals surface area contributed by atoms with Crippen molar-refractivity contribution in [1.82, 2.24) is 24.0 Å². The maximum Gasteiger partial charge on any atom is 0.330 e. The third-order valence-corrected chi connectivity index (χ3v) is 6.35. The number of benzene rings is 1. The first-order valence-electron chi connectivity index (χ1n) is 11.6. The molecule has 0 spiro atoms. The van der Waals surface area contributed by atoms with Crippen LogP contribution in [-0.4, -0.2) is 43.0 Å². The van der Waals surface area contributed by atoms with Gasteiger partial charge in [-0.25, -0.2) is 9.78 Å². The second kappa shape index (κ2) is 9.74. The van der Waals surface area contributed by atoms with E-state index in [1.165, 1.54) is 4.57 Å². The number of likely N-dealkylation sites (tertiary alicyclic amines) is 1. The SMILES string of the molecule is CC(C)CCn1c(CN2CCC[C@H](C(N)=O)C2)nc2c1c(=O)[nH]c(=O)n2Cc1ccccc1. The number of hydrogen-bond acceptors (Lipinski definition) is 5. The molecule has 0 saturated carbocycles. The zero-order valence-electron chi connectivity index (χ0n) is 19.3. The number of H-pyrrole nitrogens is 1. The van der Waals surface area contributed by atoms with Gasteiger partial charge in [0.1, 0.15) is 5.82 Å². The monoisotopic (exact) mass is 452 g/mol. The van der Waals surface area contributed by atoms with Crippen LogP contribution >= 0.6 is 0 Å². The molecule has 3 aromatic rings. The summed E-state index contributed by atoms with van der Waals surface area (Å²) in [5.41, 5.74) is 6.43. The van der Waals surface area contributed by atoms with Crippen LogP contribution in [0.1, 0.15) is 44.5 Å². The summed E-state index contributed by atoms with van der Waals surface area (Å²) in [5.74, 6) is 0.723. The molecular weight excluding hydrogens is 420 g/mol. The summed E-state index contributed by atoms with van der Waals surface area (Å²) < 4.78 is 3.48. The Morgan fingerprint density at radius 3 is 2.64 bits per heavy atom. The number of primary amides is 1. The number of aromatic nitrogens is 4. The highest BCUT2D eigenvalue weighted by Crippen LogP contribution is 2.21. The number of imidazole rings is 1. The normalized spacial score (nSPS) is 17.1. The van der Waals surface area contributed by atoms with Crippen LogP contribution in [0.5, 0.6) is 0 Å². The van der Waals surface area contributed by atoms with Gasteiger partial charge < -0.3 is 10.3 Å². The maximum atomic E-state index is 12.9. The molecule has 1 aromatic carbocycles. The third kappa shape index (κ3) is 5.08.